The number of likely N-dealkylation sites (tertiary alicyclic amines) is 1. The molecule has 1 fully saturated rings. The molecule has 2 aromatic rings. The highest BCUT2D eigenvalue weighted by Gasteiger charge is 2.45. The Kier molecular flexibility index (Phi) is 5.90. The summed E-state index contributed by atoms with van der Waals surface area (Å²) in [7, 11) is 3.06. The minimum absolute atomic E-state index is 0.108. The first-order valence-electron chi connectivity index (χ1n) is 9.28. The molecule has 0 spiro atoms. The number of β-amino-alcohol motifs (C(OH)–C–C–N with tert-alkyl or cyclic N) is 1. The van der Waals surface area contributed by atoms with E-state index in [4.69, 9.17) is 4.74 Å². The Labute approximate surface area is 173 Å². The number of aliphatic hydroxyl groups is 1. The molecule has 2 aromatic heterocycles. The van der Waals surface area contributed by atoms with Crippen LogP contribution in [-0.2, 0) is 9.59 Å². The Hall–Kier alpha value is -2.53. The van der Waals surface area contributed by atoms with E-state index in [0.717, 1.165) is 4.88 Å². The first kappa shape index (κ1) is 21.2. The van der Waals surface area contributed by atoms with Crippen LogP contribution in [0, 0.1) is 5.41 Å². The fourth-order valence-corrected chi connectivity index (χ4v) is 4.16. The van der Waals surface area contributed by atoms with Crippen LogP contribution < -0.4 is 10.1 Å². The van der Waals surface area contributed by atoms with Gasteiger partial charge in [0.15, 0.2) is 0 Å². The molecule has 29 heavy (non-hydrogen) atoms. The highest BCUT2D eigenvalue weighted by Crippen LogP contribution is 2.35. The van der Waals surface area contributed by atoms with Gasteiger partial charge in [-0.2, -0.15) is 4.37 Å². The van der Waals surface area contributed by atoms with Crippen LogP contribution >= 0.6 is 11.5 Å². The monoisotopic (exact) mass is 422 g/mol. The largest absolute Gasteiger partial charge is 0.480 e. The first-order chi connectivity index (χ1) is 13.7. The Bertz CT molecular complexity index is 889. The maximum Gasteiger partial charge on any atom is 0.248 e. The molecule has 0 aromatic carbocycles. The van der Waals surface area contributed by atoms with Crippen LogP contribution in [0.3, 0.4) is 0 Å². The Morgan fingerprint density at radius 1 is 1.41 bits per heavy atom. The fraction of sp³-hybridized carbons (Fsp3) is 0.611. The highest BCUT2D eigenvalue weighted by atomic mass is 32.1. The molecule has 1 aliphatic rings. The predicted octanol–water partition coefficient (Wildman–Crippen LogP) is 0.705. The van der Waals surface area contributed by atoms with Crippen molar-refractivity contribution in [3.63, 3.8) is 0 Å². The van der Waals surface area contributed by atoms with E-state index in [2.05, 4.69) is 20.0 Å². The number of amides is 2. The van der Waals surface area contributed by atoms with Gasteiger partial charge in [0.2, 0.25) is 17.7 Å². The van der Waals surface area contributed by atoms with E-state index in [9.17, 15) is 14.7 Å². The SMILES string of the molecule is CNC(=O)C1CC(O)CN1C(=O)[C@@H](n1cc(-c2cc(OC)ns2)nn1)C(C)(C)C. The number of nitrogens with one attached hydrogen (secondary N) is 1. The molecule has 0 saturated carbocycles. The van der Waals surface area contributed by atoms with Crippen molar-refractivity contribution in [1.29, 1.82) is 0 Å². The number of rotatable bonds is 5. The van der Waals surface area contributed by atoms with Gasteiger partial charge in [-0.3, -0.25) is 9.59 Å². The van der Waals surface area contributed by atoms with Crippen LogP contribution in [0.1, 0.15) is 33.2 Å². The quantitative estimate of drug-likeness (QED) is 0.727. The molecule has 0 bridgehead atoms. The lowest BCUT2D eigenvalue weighted by atomic mass is 9.85. The summed E-state index contributed by atoms with van der Waals surface area (Å²) in [6.07, 6.45) is 1.17. The van der Waals surface area contributed by atoms with Crippen LogP contribution in [0.4, 0.5) is 0 Å². The number of ether oxygens (including phenoxy) is 1. The fourth-order valence-electron chi connectivity index (χ4n) is 3.50. The molecule has 1 saturated heterocycles. The third-order valence-corrected chi connectivity index (χ3v) is 5.69. The lowest BCUT2D eigenvalue weighted by molar-refractivity contribution is -0.144. The van der Waals surface area contributed by atoms with Crippen molar-refractivity contribution in [2.45, 2.75) is 45.4 Å². The molecule has 2 unspecified atom stereocenters. The number of aromatic nitrogens is 4. The van der Waals surface area contributed by atoms with Crippen LogP contribution in [0.5, 0.6) is 5.88 Å². The topological polar surface area (TPSA) is 122 Å². The second-order valence-electron chi connectivity index (χ2n) is 8.10. The van der Waals surface area contributed by atoms with Gasteiger partial charge in [0.1, 0.15) is 17.8 Å². The zero-order valence-corrected chi connectivity index (χ0v) is 17.9. The summed E-state index contributed by atoms with van der Waals surface area (Å²) in [5.41, 5.74) is 0.0750. The molecule has 3 atom stereocenters. The molecule has 3 rings (SSSR count). The number of carbonyl (C=O) groups is 2. The molecule has 11 heteroatoms. The van der Waals surface area contributed by atoms with Crippen LogP contribution in [-0.4, -0.2) is 74.0 Å². The minimum Gasteiger partial charge on any atom is -0.480 e. The first-order valence-corrected chi connectivity index (χ1v) is 10.1. The smallest absolute Gasteiger partial charge is 0.248 e. The molecule has 2 amide bonds. The summed E-state index contributed by atoms with van der Waals surface area (Å²) in [6.45, 7) is 5.88. The Balaban J connectivity index is 1.93. The zero-order valence-electron chi connectivity index (χ0n) is 17.1. The highest BCUT2D eigenvalue weighted by molar-refractivity contribution is 7.09. The molecule has 0 aliphatic carbocycles. The van der Waals surface area contributed by atoms with Crippen molar-refractivity contribution in [2.75, 3.05) is 20.7 Å². The van der Waals surface area contributed by atoms with Gasteiger partial charge in [-0.05, 0) is 16.9 Å². The van der Waals surface area contributed by atoms with E-state index >= 15 is 0 Å². The molecular formula is C18H26N6O4S. The van der Waals surface area contributed by atoms with Crippen LogP contribution in [0.15, 0.2) is 12.3 Å². The zero-order chi connectivity index (χ0) is 21.3. The Morgan fingerprint density at radius 3 is 2.72 bits per heavy atom. The van der Waals surface area contributed by atoms with E-state index in [-0.39, 0.29) is 24.8 Å². The number of methoxy groups -OCH3 is 1. The summed E-state index contributed by atoms with van der Waals surface area (Å²) in [5, 5.41) is 21.0. The van der Waals surface area contributed by atoms with Crippen molar-refractivity contribution in [2.24, 2.45) is 5.41 Å². The number of aliphatic hydroxyl groups excluding tert-OH is 1. The van der Waals surface area contributed by atoms with Crippen molar-refractivity contribution in [1.82, 2.24) is 29.6 Å². The molecule has 1 aliphatic heterocycles. The van der Waals surface area contributed by atoms with Gasteiger partial charge in [-0.25, -0.2) is 4.68 Å². The molecule has 3 heterocycles. The number of carbonyl (C=O) groups excluding carboxylic acids is 2. The van der Waals surface area contributed by atoms with E-state index in [1.807, 2.05) is 20.8 Å². The number of likely N-dealkylation sites (N-methyl/N-ethyl adjacent to an activating group) is 1. The third-order valence-electron chi connectivity index (χ3n) is 4.89. The van der Waals surface area contributed by atoms with Crippen molar-refractivity contribution in [3.8, 4) is 16.5 Å². The summed E-state index contributed by atoms with van der Waals surface area (Å²) in [6, 6.07) is 0.350. The van der Waals surface area contributed by atoms with Crippen LogP contribution in [0.25, 0.3) is 10.6 Å². The third kappa shape index (κ3) is 4.25. The number of hydrogen-bond donors (Lipinski definition) is 2. The van der Waals surface area contributed by atoms with Gasteiger partial charge in [0.05, 0.1) is 24.3 Å². The maximum absolute atomic E-state index is 13.5. The summed E-state index contributed by atoms with van der Waals surface area (Å²) >= 11 is 1.23. The van der Waals surface area contributed by atoms with Gasteiger partial charge < -0.3 is 20.1 Å². The van der Waals surface area contributed by atoms with Gasteiger partial charge in [-0.1, -0.05) is 26.0 Å². The van der Waals surface area contributed by atoms with Gasteiger partial charge in [-0.15, -0.1) is 5.10 Å². The van der Waals surface area contributed by atoms with Crippen LogP contribution in [0.2, 0.25) is 0 Å². The lowest BCUT2D eigenvalue weighted by Gasteiger charge is -2.34. The van der Waals surface area contributed by atoms with Crippen molar-refractivity contribution in [3.05, 3.63) is 12.3 Å². The van der Waals surface area contributed by atoms with E-state index in [1.54, 1.807) is 12.3 Å². The second kappa shape index (κ2) is 8.07. The van der Waals surface area contributed by atoms with E-state index in [1.165, 1.54) is 35.3 Å². The van der Waals surface area contributed by atoms with E-state index < -0.39 is 23.6 Å². The number of hydrogen-bond acceptors (Lipinski definition) is 8. The summed E-state index contributed by atoms with van der Waals surface area (Å²) < 4.78 is 10.8. The Morgan fingerprint density at radius 2 is 2.14 bits per heavy atom. The number of nitrogens with zero attached hydrogens (tertiary/aromatic N) is 5. The molecular weight excluding hydrogens is 396 g/mol. The minimum atomic E-state index is -0.738. The molecule has 158 valence electrons. The second-order valence-corrected chi connectivity index (χ2v) is 8.90. The molecule has 2 N–H and O–H groups in total. The predicted molar refractivity (Wildman–Crippen MR) is 106 cm³/mol. The maximum atomic E-state index is 13.5. The summed E-state index contributed by atoms with van der Waals surface area (Å²) in [5.74, 6) is -0.0814. The van der Waals surface area contributed by atoms with Gasteiger partial charge in [0, 0.05) is 26.1 Å². The van der Waals surface area contributed by atoms with Gasteiger partial charge in [0.25, 0.3) is 0 Å². The molecule has 0 radical (unpaired) electrons. The van der Waals surface area contributed by atoms with Crippen molar-refractivity contribution < 1.29 is 19.4 Å². The van der Waals surface area contributed by atoms with Crippen molar-refractivity contribution >= 4 is 23.3 Å². The lowest BCUT2D eigenvalue weighted by Crippen LogP contribution is -2.49. The summed E-state index contributed by atoms with van der Waals surface area (Å²) in [4.78, 5) is 27.9. The average Bonchev–Trinajstić information content (AvgIpc) is 3.38. The van der Waals surface area contributed by atoms with E-state index in [0.29, 0.717) is 11.6 Å². The average molecular weight is 423 g/mol. The molecule has 10 nitrogen and oxygen atoms in total. The normalized spacial score (nSPS) is 20.6. The van der Waals surface area contributed by atoms with Gasteiger partial charge >= 0.3 is 0 Å². The standard InChI is InChI=1S/C18H26N6O4S/c1-18(2,3)15(17(27)23-8-10(25)6-12(23)16(26)19-4)24-9-11(20-22-24)13-7-14(28-5)21-29-13/h7,9-10,12,15,25H,6,8H2,1-5H3,(H,19,26)/t10?,12?,15-/m1/s1.